The number of hydrogen-bond acceptors (Lipinski definition) is 4. The molecular weight excluding hydrogens is 188 g/mol. The van der Waals surface area contributed by atoms with Crippen molar-refractivity contribution in [1.29, 1.82) is 0 Å². The fourth-order valence-corrected chi connectivity index (χ4v) is 1.49. The van der Waals surface area contributed by atoms with Gasteiger partial charge in [-0.3, -0.25) is 5.32 Å². The monoisotopic (exact) mass is 200 g/mol. The molecule has 0 bridgehead atoms. The van der Waals surface area contributed by atoms with Crippen LogP contribution in [0.1, 0.15) is 25.8 Å². The molecule has 0 aliphatic carbocycles. The summed E-state index contributed by atoms with van der Waals surface area (Å²) in [5.41, 5.74) is 4.89. The maximum Gasteiger partial charge on any atom is 0.318 e. The Bertz CT molecular complexity index is 315. The number of urea groups is 1. The van der Waals surface area contributed by atoms with E-state index >= 15 is 0 Å². The largest absolute Gasteiger partial charge is 0.351 e. The van der Waals surface area contributed by atoms with Crippen molar-refractivity contribution in [3.05, 3.63) is 5.01 Å². The van der Waals surface area contributed by atoms with Crippen molar-refractivity contribution in [2.75, 3.05) is 5.32 Å². The minimum Gasteiger partial charge on any atom is -0.351 e. The van der Waals surface area contributed by atoms with Gasteiger partial charge in [0.25, 0.3) is 0 Å². The van der Waals surface area contributed by atoms with Crippen molar-refractivity contribution in [3.8, 4) is 0 Å². The van der Waals surface area contributed by atoms with E-state index in [0.29, 0.717) is 5.13 Å². The number of aromatic nitrogens is 2. The van der Waals surface area contributed by atoms with Crippen LogP contribution in [-0.4, -0.2) is 16.2 Å². The fraction of sp³-hybridized carbons (Fsp3) is 0.571. The number of nitrogens with zero attached hydrogens (tertiary/aromatic N) is 2. The predicted molar refractivity (Wildman–Crippen MR) is 51.8 cm³/mol. The number of anilines is 1. The first-order valence-corrected chi connectivity index (χ1v) is 4.61. The molecule has 1 aromatic heterocycles. The number of hydrogen-bond donors (Lipinski definition) is 2. The molecule has 0 aromatic carbocycles. The van der Waals surface area contributed by atoms with Gasteiger partial charge >= 0.3 is 6.03 Å². The third-order valence-corrected chi connectivity index (χ3v) is 2.56. The van der Waals surface area contributed by atoms with E-state index in [1.54, 1.807) is 0 Å². The van der Waals surface area contributed by atoms with Crippen molar-refractivity contribution < 1.29 is 4.79 Å². The van der Waals surface area contributed by atoms with Crippen molar-refractivity contribution in [2.24, 2.45) is 5.73 Å². The lowest BCUT2D eigenvalue weighted by Crippen LogP contribution is -2.19. The Hall–Kier alpha value is -1.17. The Morgan fingerprint density at radius 2 is 2.08 bits per heavy atom. The van der Waals surface area contributed by atoms with Crippen LogP contribution in [0.25, 0.3) is 0 Å². The van der Waals surface area contributed by atoms with Crippen LogP contribution in [0.4, 0.5) is 9.93 Å². The highest BCUT2D eigenvalue weighted by molar-refractivity contribution is 7.15. The van der Waals surface area contributed by atoms with E-state index in [4.69, 9.17) is 5.73 Å². The SMILES string of the molecule is CC(C)(C)c1nnc(NC(N)=O)s1. The Kier molecular flexibility index (Phi) is 2.51. The van der Waals surface area contributed by atoms with Crippen LogP contribution >= 0.6 is 11.3 Å². The second kappa shape index (κ2) is 3.29. The Balaban J connectivity index is 2.81. The van der Waals surface area contributed by atoms with Gasteiger partial charge in [-0.15, -0.1) is 10.2 Å². The molecule has 0 aliphatic heterocycles. The molecule has 1 rings (SSSR count). The molecule has 5 nitrogen and oxygen atoms in total. The van der Waals surface area contributed by atoms with Gasteiger partial charge in [-0.25, -0.2) is 4.79 Å². The summed E-state index contributed by atoms with van der Waals surface area (Å²) in [5.74, 6) is 0. The molecule has 0 fully saturated rings. The normalized spacial score (nSPS) is 11.3. The molecule has 0 unspecified atom stereocenters. The molecule has 0 saturated carbocycles. The summed E-state index contributed by atoms with van der Waals surface area (Å²) in [6.45, 7) is 6.09. The molecule has 0 atom stereocenters. The second-order valence-electron chi connectivity index (χ2n) is 3.65. The topological polar surface area (TPSA) is 80.9 Å². The first kappa shape index (κ1) is 9.91. The zero-order valence-corrected chi connectivity index (χ0v) is 8.60. The lowest BCUT2D eigenvalue weighted by atomic mass is 9.98. The van der Waals surface area contributed by atoms with Crippen molar-refractivity contribution in [1.82, 2.24) is 10.2 Å². The molecule has 0 spiro atoms. The molecule has 1 heterocycles. The molecule has 2 amide bonds. The number of nitrogens with one attached hydrogen (secondary N) is 1. The van der Waals surface area contributed by atoms with Gasteiger partial charge in [0.05, 0.1) is 0 Å². The van der Waals surface area contributed by atoms with Gasteiger partial charge in [0, 0.05) is 5.41 Å². The number of amides is 2. The van der Waals surface area contributed by atoms with Crippen LogP contribution in [0.5, 0.6) is 0 Å². The Morgan fingerprint density at radius 1 is 1.46 bits per heavy atom. The third-order valence-electron chi connectivity index (χ3n) is 1.30. The summed E-state index contributed by atoms with van der Waals surface area (Å²) >= 11 is 1.33. The standard InChI is InChI=1S/C7H12N4OS/c1-7(2,3)4-10-11-6(13-4)9-5(8)12/h1-3H3,(H3,8,9,11,12). The van der Waals surface area contributed by atoms with Crippen LogP contribution in [-0.2, 0) is 5.41 Å². The van der Waals surface area contributed by atoms with Gasteiger partial charge in [0.2, 0.25) is 5.13 Å². The number of carbonyl (C=O) groups is 1. The number of primary amides is 1. The molecule has 13 heavy (non-hydrogen) atoms. The van der Waals surface area contributed by atoms with E-state index in [0.717, 1.165) is 5.01 Å². The lowest BCUT2D eigenvalue weighted by Gasteiger charge is -2.12. The maximum absolute atomic E-state index is 10.5. The van der Waals surface area contributed by atoms with E-state index in [-0.39, 0.29) is 5.41 Å². The number of nitrogens with two attached hydrogens (primary N) is 1. The van der Waals surface area contributed by atoms with E-state index in [9.17, 15) is 4.79 Å². The highest BCUT2D eigenvalue weighted by Gasteiger charge is 2.19. The highest BCUT2D eigenvalue weighted by Crippen LogP contribution is 2.27. The third kappa shape index (κ3) is 2.66. The van der Waals surface area contributed by atoms with Gasteiger partial charge in [-0.1, -0.05) is 32.1 Å². The maximum atomic E-state index is 10.5. The average molecular weight is 200 g/mol. The number of carbonyl (C=O) groups excluding carboxylic acids is 1. The van der Waals surface area contributed by atoms with Gasteiger partial charge in [-0.2, -0.15) is 0 Å². The first-order valence-electron chi connectivity index (χ1n) is 3.80. The molecular formula is C7H12N4OS. The van der Waals surface area contributed by atoms with Crippen LogP contribution in [0, 0.1) is 0 Å². The second-order valence-corrected chi connectivity index (χ2v) is 4.63. The van der Waals surface area contributed by atoms with Gasteiger partial charge in [0.1, 0.15) is 5.01 Å². The van der Waals surface area contributed by atoms with E-state index in [1.807, 2.05) is 20.8 Å². The zero-order chi connectivity index (χ0) is 10.1. The quantitative estimate of drug-likeness (QED) is 0.717. The Labute approximate surface area is 80.4 Å². The predicted octanol–water partition coefficient (Wildman–Crippen LogP) is 1.33. The molecule has 3 N–H and O–H groups in total. The average Bonchev–Trinajstić information content (AvgIpc) is 2.32. The van der Waals surface area contributed by atoms with E-state index in [2.05, 4.69) is 15.5 Å². The molecule has 0 aliphatic rings. The van der Waals surface area contributed by atoms with E-state index in [1.165, 1.54) is 11.3 Å². The van der Waals surface area contributed by atoms with Gasteiger partial charge < -0.3 is 5.73 Å². The zero-order valence-electron chi connectivity index (χ0n) is 7.79. The summed E-state index contributed by atoms with van der Waals surface area (Å²) in [4.78, 5) is 10.5. The summed E-state index contributed by atoms with van der Waals surface area (Å²) in [6.07, 6.45) is 0. The smallest absolute Gasteiger partial charge is 0.318 e. The summed E-state index contributed by atoms with van der Waals surface area (Å²) < 4.78 is 0. The van der Waals surface area contributed by atoms with Crippen LogP contribution in [0.2, 0.25) is 0 Å². The molecule has 0 saturated heterocycles. The van der Waals surface area contributed by atoms with Gasteiger partial charge in [0.15, 0.2) is 0 Å². The summed E-state index contributed by atoms with van der Waals surface area (Å²) in [5, 5.41) is 11.4. The minimum absolute atomic E-state index is 0.0464. The van der Waals surface area contributed by atoms with Crippen molar-refractivity contribution in [2.45, 2.75) is 26.2 Å². The van der Waals surface area contributed by atoms with E-state index < -0.39 is 6.03 Å². The summed E-state index contributed by atoms with van der Waals surface area (Å²) in [7, 11) is 0. The van der Waals surface area contributed by atoms with Crippen LogP contribution in [0.3, 0.4) is 0 Å². The highest BCUT2D eigenvalue weighted by atomic mass is 32.1. The molecule has 0 radical (unpaired) electrons. The summed E-state index contributed by atoms with van der Waals surface area (Å²) in [6, 6.07) is -0.614. The lowest BCUT2D eigenvalue weighted by molar-refractivity contribution is 0.259. The molecule has 1 aromatic rings. The van der Waals surface area contributed by atoms with Crippen molar-refractivity contribution >= 4 is 22.5 Å². The van der Waals surface area contributed by atoms with Crippen LogP contribution < -0.4 is 11.1 Å². The molecule has 6 heteroatoms. The van der Waals surface area contributed by atoms with Crippen LogP contribution in [0.15, 0.2) is 0 Å². The fourth-order valence-electron chi connectivity index (χ4n) is 0.682. The molecule has 72 valence electrons. The van der Waals surface area contributed by atoms with Crippen molar-refractivity contribution in [3.63, 3.8) is 0 Å². The minimum atomic E-state index is -0.614. The number of rotatable bonds is 1. The van der Waals surface area contributed by atoms with Gasteiger partial charge in [-0.05, 0) is 0 Å². The first-order chi connectivity index (χ1) is 5.89. The Morgan fingerprint density at radius 3 is 2.46 bits per heavy atom.